The average Bonchev–Trinajstić information content (AvgIpc) is 2.67. The van der Waals surface area contributed by atoms with Gasteiger partial charge in [-0.25, -0.2) is 9.97 Å². The summed E-state index contributed by atoms with van der Waals surface area (Å²) in [7, 11) is 0. The number of halogens is 1. The molecule has 0 aromatic carbocycles. The summed E-state index contributed by atoms with van der Waals surface area (Å²) in [4.78, 5) is 39.2. The molecule has 7 nitrogen and oxygen atoms in total. The van der Waals surface area contributed by atoms with E-state index in [-0.39, 0.29) is 23.6 Å². The van der Waals surface area contributed by atoms with Gasteiger partial charge in [0.25, 0.3) is 0 Å². The molecule has 1 saturated heterocycles. The molecule has 1 atom stereocenters. The van der Waals surface area contributed by atoms with Crippen LogP contribution in [0.3, 0.4) is 0 Å². The summed E-state index contributed by atoms with van der Waals surface area (Å²) in [5, 5.41) is 0.861. The maximum absolute atomic E-state index is 12.2. The number of carbonyl (C=O) groups is 2. The van der Waals surface area contributed by atoms with Crippen molar-refractivity contribution in [3.05, 3.63) is 11.2 Å². The van der Waals surface area contributed by atoms with Crippen molar-refractivity contribution < 1.29 is 9.59 Å². The second-order valence-electron chi connectivity index (χ2n) is 6.82. The summed E-state index contributed by atoms with van der Waals surface area (Å²) in [6.45, 7) is 11.5. The molecule has 9 heteroatoms. The Morgan fingerprint density at radius 1 is 1.25 bits per heavy atom. The lowest BCUT2D eigenvalue weighted by Gasteiger charge is -2.40. The normalized spacial score (nSPS) is 17.0. The van der Waals surface area contributed by atoms with Crippen molar-refractivity contribution >= 4 is 41.0 Å². The second-order valence-corrected chi connectivity index (χ2v) is 8.15. The molecule has 0 aliphatic carbocycles. The molecule has 2 amide bonds. The maximum Gasteiger partial charge on any atom is 0.233 e. The molecule has 0 unspecified atom stereocenters. The number of hydrogen-bond donors (Lipinski definition) is 0. The minimum Gasteiger partial charge on any atom is -0.353 e. The van der Waals surface area contributed by atoms with Crippen LogP contribution in [0.1, 0.15) is 40.5 Å². The summed E-state index contributed by atoms with van der Waals surface area (Å²) in [6, 6.07) is 1.86. The molecular formula is C19H30ClN5O2S. The van der Waals surface area contributed by atoms with E-state index in [1.54, 1.807) is 11.0 Å². The van der Waals surface area contributed by atoms with E-state index in [4.69, 9.17) is 11.6 Å². The van der Waals surface area contributed by atoms with Crippen molar-refractivity contribution in [2.24, 2.45) is 0 Å². The highest BCUT2D eigenvalue weighted by atomic mass is 35.5. The highest BCUT2D eigenvalue weighted by Crippen LogP contribution is 2.24. The van der Waals surface area contributed by atoms with Gasteiger partial charge in [-0.15, -0.1) is 0 Å². The third-order valence-corrected chi connectivity index (χ3v) is 5.86. The van der Waals surface area contributed by atoms with E-state index < -0.39 is 0 Å². The molecule has 0 spiro atoms. The lowest BCUT2D eigenvalue weighted by Crippen LogP contribution is -2.54. The van der Waals surface area contributed by atoms with Crippen LogP contribution in [0.4, 0.5) is 5.82 Å². The monoisotopic (exact) mass is 427 g/mol. The SMILES string of the molecule is CCCC(=O)N1CCN(c2cc(Cl)nc(SCC(=O)N(CC)CC)n2)C[C@@H]1C. The van der Waals surface area contributed by atoms with E-state index in [1.165, 1.54) is 11.8 Å². The third-order valence-electron chi connectivity index (χ3n) is 4.84. The van der Waals surface area contributed by atoms with Crippen LogP contribution < -0.4 is 4.90 Å². The number of aromatic nitrogens is 2. The molecule has 1 aliphatic heterocycles. The number of amides is 2. The summed E-state index contributed by atoms with van der Waals surface area (Å²) < 4.78 is 0. The van der Waals surface area contributed by atoms with Gasteiger partial charge in [-0.1, -0.05) is 30.3 Å². The molecule has 1 aromatic heterocycles. The van der Waals surface area contributed by atoms with Gasteiger partial charge in [-0.05, 0) is 27.2 Å². The number of carbonyl (C=O) groups excluding carboxylic acids is 2. The Hall–Kier alpha value is -1.54. The van der Waals surface area contributed by atoms with Crippen molar-refractivity contribution in [1.82, 2.24) is 19.8 Å². The standard InChI is InChI=1S/C19H30ClN5O2S/c1-5-8-17(26)25-10-9-24(12-14(25)4)16-11-15(20)21-19(22-16)28-13-18(27)23(6-2)7-3/h11,14H,5-10,12-13H2,1-4H3/t14-/m0/s1. The van der Waals surface area contributed by atoms with Gasteiger partial charge in [0.15, 0.2) is 5.16 Å². The number of nitrogens with zero attached hydrogens (tertiary/aromatic N) is 5. The van der Waals surface area contributed by atoms with Crippen LogP contribution in [-0.4, -0.2) is 76.1 Å². The van der Waals surface area contributed by atoms with E-state index >= 15 is 0 Å². The van der Waals surface area contributed by atoms with Crippen molar-refractivity contribution in [2.45, 2.75) is 51.7 Å². The fourth-order valence-electron chi connectivity index (χ4n) is 3.30. The van der Waals surface area contributed by atoms with Crippen LogP contribution in [0.15, 0.2) is 11.2 Å². The first-order valence-corrected chi connectivity index (χ1v) is 11.2. The predicted molar refractivity (Wildman–Crippen MR) is 114 cm³/mol. The van der Waals surface area contributed by atoms with Crippen molar-refractivity contribution in [2.75, 3.05) is 43.4 Å². The fraction of sp³-hybridized carbons (Fsp3) is 0.684. The first-order chi connectivity index (χ1) is 13.4. The van der Waals surface area contributed by atoms with Crippen molar-refractivity contribution in [3.8, 4) is 0 Å². The van der Waals surface area contributed by atoms with Crippen LogP contribution in [-0.2, 0) is 9.59 Å². The Morgan fingerprint density at radius 3 is 2.57 bits per heavy atom. The highest BCUT2D eigenvalue weighted by Gasteiger charge is 2.28. The lowest BCUT2D eigenvalue weighted by atomic mass is 10.1. The zero-order valence-corrected chi connectivity index (χ0v) is 18.7. The fourth-order valence-corrected chi connectivity index (χ4v) is 4.28. The zero-order valence-electron chi connectivity index (χ0n) is 17.2. The van der Waals surface area contributed by atoms with Gasteiger partial charge in [-0.3, -0.25) is 9.59 Å². The second kappa shape index (κ2) is 10.9. The molecule has 1 aromatic rings. The Bertz CT molecular complexity index is 686. The summed E-state index contributed by atoms with van der Waals surface area (Å²) >= 11 is 7.51. The predicted octanol–water partition coefficient (Wildman–Crippen LogP) is 2.93. The topological polar surface area (TPSA) is 69.6 Å². The lowest BCUT2D eigenvalue weighted by molar-refractivity contribution is -0.133. The molecule has 156 valence electrons. The molecule has 0 bridgehead atoms. The zero-order chi connectivity index (χ0) is 20.7. The number of thioether (sulfide) groups is 1. The minimum atomic E-state index is 0.0665. The van der Waals surface area contributed by atoms with Crippen molar-refractivity contribution in [3.63, 3.8) is 0 Å². The van der Waals surface area contributed by atoms with Crippen LogP contribution in [0.5, 0.6) is 0 Å². The number of anilines is 1. The van der Waals surface area contributed by atoms with E-state index in [1.807, 2.05) is 25.7 Å². The molecule has 0 saturated carbocycles. The van der Waals surface area contributed by atoms with Crippen LogP contribution >= 0.6 is 23.4 Å². The smallest absolute Gasteiger partial charge is 0.233 e. The largest absolute Gasteiger partial charge is 0.353 e. The van der Waals surface area contributed by atoms with E-state index in [0.717, 1.165) is 12.2 Å². The molecule has 0 N–H and O–H groups in total. The Kier molecular flexibility index (Phi) is 8.82. The average molecular weight is 428 g/mol. The van der Waals surface area contributed by atoms with Gasteiger partial charge in [0.05, 0.1) is 5.75 Å². The number of rotatable bonds is 8. The number of piperazine rings is 1. The highest BCUT2D eigenvalue weighted by molar-refractivity contribution is 7.99. The van der Waals surface area contributed by atoms with E-state index in [0.29, 0.717) is 49.5 Å². The summed E-state index contributed by atoms with van der Waals surface area (Å²) in [5.74, 6) is 1.31. The minimum absolute atomic E-state index is 0.0665. The van der Waals surface area contributed by atoms with Crippen LogP contribution in [0, 0.1) is 0 Å². The van der Waals surface area contributed by atoms with Gasteiger partial charge < -0.3 is 14.7 Å². The summed E-state index contributed by atoms with van der Waals surface area (Å²) in [6.07, 6.45) is 1.45. The third kappa shape index (κ3) is 5.98. The van der Waals surface area contributed by atoms with Crippen LogP contribution in [0.25, 0.3) is 0 Å². The Balaban J connectivity index is 2.03. The van der Waals surface area contributed by atoms with Crippen molar-refractivity contribution in [1.29, 1.82) is 0 Å². The molecule has 1 fully saturated rings. The maximum atomic E-state index is 12.2. The first-order valence-electron chi connectivity index (χ1n) is 9.89. The van der Waals surface area contributed by atoms with Gasteiger partial charge in [0.1, 0.15) is 11.0 Å². The first kappa shape index (κ1) is 22.7. The molecule has 2 rings (SSSR count). The summed E-state index contributed by atoms with van der Waals surface area (Å²) in [5.41, 5.74) is 0. The molecule has 2 heterocycles. The Labute approximate surface area is 176 Å². The van der Waals surface area contributed by atoms with Crippen LogP contribution in [0.2, 0.25) is 5.15 Å². The Morgan fingerprint density at radius 2 is 1.96 bits per heavy atom. The van der Waals surface area contributed by atoms with Gasteiger partial charge in [-0.2, -0.15) is 0 Å². The molecule has 1 aliphatic rings. The molecule has 28 heavy (non-hydrogen) atoms. The van der Waals surface area contributed by atoms with Gasteiger partial charge in [0, 0.05) is 51.3 Å². The quantitative estimate of drug-likeness (QED) is 0.361. The van der Waals surface area contributed by atoms with Gasteiger partial charge >= 0.3 is 0 Å². The molecular weight excluding hydrogens is 398 g/mol. The van der Waals surface area contributed by atoms with E-state index in [9.17, 15) is 9.59 Å². The van der Waals surface area contributed by atoms with Gasteiger partial charge in [0.2, 0.25) is 11.8 Å². The molecule has 0 radical (unpaired) electrons. The van der Waals surface area contributed by atoms with E-state index in [2.05, 4.69) is 21.8 Å². The number of hydrogen-bond acceptors (Lipinski definition) is 6.